The molecule has 0 atom stereocenters. The molecule has 6 N–H and O–H groups in total. The van der Waals surface area contributed by atoms with Crippen LogP contribution in [0.1, 0.15) is 40.7 Å². The van der Waals surface area contributed by atoms with Gasteiger partial charge in [0.05, 0.1) is 32.3 Å². The molecule has 0 radical (unpaired) electrons. The van der Waals surface area contributed by atoms with E-state index < -0.39 is 19.7 Å². The van der Waals surface area contributed by atoms with Gasteiger partial charge in [-0.25, -0.2) is 26.8 Å². The van der Waals surface area contributed by atoms with Gasteiger partial charge in [-0.1, -0.05) is 54.6 Å². The number of hydrogen-bond acceptors (Lipinski definition) is 12. The summed E-state index contributed by atoms with van der Waals surface area (Å²) in [7, 11) is -7.02. The number of pyridine rings is 2. The van der Waals surface area contributed by atoms with E-state index in [0.717, 1.165) is 86.2 Å². The van der Waals surface area contributed by atoms with Gasteiger partial charge in [-0.05, 0) is 91.4 Å². The fourth-order valence-corrected chi connectivity index (χ4v) is 11.1. The number of nitrogens with one attached hydrogen (secondary N) is 2. The molecule has 0 aliphatic carbocycles. The molecule has 0 bridgehead atoms. The van der Waals surface area contributed by atoms with Crippen LogP contribution in [0.15, 0.2) is 101 Å². The summed E-state index contributed by atoms with van der Waals surface area (Å²) < 4.78 is 54.1. The second-order valence-corrected chi connectivity index (χ2v) is 19.4. The molecule has 0 unspecified atom stereocenters. The molecule has 4 aromatic carbocycles. The number of benzene rings is 4. The Morgan fingerprint density at radius 2 is 1.24 bits per heavy atom. The van der Waals surface area contributed by atoms with Crippen LogP contribution in [-0.4, -0.2) is 77.6 Å². The maximum absolute atomic E-state index is 13.9. The van der Waals surface area contributed by atoms with E-state index in [1.165, 1.54) is 0 Å². The van der Waals surface area contributed by atoms with Crippen molar-refractivity contribution in [1.82, 2.24) is 9.97 Å². The van der Waals surface area contributed by atoms with Crippen LogP contribution in [-0.2, 0) is 39.2 Å². The Kier molecular flexibility index (Phi) is 11.3. The highest BCUT2D eigenvalue weighted by Crippen LogP contribution is 2.35. The van der Waals surface area contributed by atoms with Gasteiger partial charge in [0, 0.05) is 73.5 Å². The number of aromatic nitrogens is 2. The van der Waals surface area contributed by atoms with E-state index in [-0.39, 0.29) is 11.5 Å². The van der Waals surface area contributed by atoms with Crippen LogP contribution in [0.5, 0.6) is 0 Å². The van der Waals surface area contributed by atoms with Gasteiger partial charge in [-0.3, -0.25) is 0 Å². The van der Waals surface area contributed by atoms with E-state index in [1.807, 2.05) is 71.6 Å². The highest BCUT2D eigenvalue weighted by Gasteiger charge is 2.28. The van der Waals surface area contributed by atoms with Gasteiger partial charge in [0.1, 0.15) is 11.6 Å². The van der Waals surface area contributed by atoms with Crippen molar-refractivity contribution >= 4 is 64.5 Å². The third-order valence-electron chi connectivity index (χ3n) is 11.1. The molecule has 2 aliphatic rings. The van der Waals surface area contributed by atoms with Gasteiger partial charge in [0.2, 0.25) is 0 Å². The summed E-state index contributed by atoms with van der Waals surface area (Å²) >= 11 is 0. The SMILES string of the molecule is Cc1cccc2nc(N3CCS(=O)(=O)c4cc(Cc5ccc6c(NCCCN)cc(N7CCS(=O)(=O)c8ccccc8C7)nc6c5)ccc4C3)cc(NCCCN)c12. The quantitative estimate of drug-likeness (QED) is 0.110. The summed E-state index contributed by atoms with van der Waals surface area (Å²) in [5.41, 5.74) is 19.5. The van der Waals surface area contributed by atoms with E-state index in [4.69, 9.17) is 21.4 Å². The summed E-state index contributed by atoms with van der Waals surface area (Å²) in [6, 6.07) is 29.2. The second-order valence-electron chi connectivity index (χ2n) is 15.2. The zero-order valence-electron chi connectivity index (χ0n) is 32.7. The molecule has 0 fully saturated rings. The minimum Gasteiger partial charge on any atom is -0.384 e. The molecule has 14 heteroatoms. The molecule has 2 aromatic heterocycles. The van der Waals surface area contributed by atoms with Crippen molar-refractivity contribution in [3.8, 4) is 0 Å². The standard InChI is InChI=1S/C44H50N8O4S2/c1-30-7-4-9-36-44(30)39(48-18-6-16-46)27-43(49-36)52-20-22-58(55,56)41-25-32(11-13-34(41)29-52)23-31-12-14-35-37(47-17-5-15-45)26-42(50-38(35)24-31)51-19-21-57(53,54)40-10-3-2-8-33(40)28-51/h2-4,7-14,24-27H,5-6,15-23,28-29,45-46H2,1H3,(H,47,50)(H,48,49). The van der Waals surface area contributed by atoms with Crippen LogP contribution >= 0.6 is 0 Å². The Balaban J connectivity index is 1.09. The fraction of sp³-hybridized carbons (Fsp3) is 0.318. The Hall–Kier alpha value is -5.28. The number of rotatable bonds is 12. The number of nitrogens with zero attached hydrogens (tertiary/aromatic N) is 4. The smallest absolute Gasteiger partial charge is 0.180 e. The average Bonchev–Trinajstić information content (AvgIpc) is 3.43. The molecule has 2 aliphatic heterocycles. The van der Waals surface area contributed by atoms with Gasteiger partial charge >= 0.3 is 0 Å². The second kappa shape index (κ2) is 16.5. The van der Waals surface area contributed by atoms with Crippen LogP contribution in [0.25, 0.3) is 21.8 Å². The van der Waals surface area contributed by atoms with Crippen LogP contribution in [0.3, 0.4) is 0 Å². The third-order valence-corrected chi connectivity index (χ3v) is 14.7. The number of fused-ring (bicyclic) bond motifs is 4. The number of anilines is 4. The summed E-state index contributed by atoms with van der Waals surface area (Å²) in [5.74, 6) is 1.37. The van der Waals surface area contributed by atoms with Gasteiger partial charge in [0.25, 0.3) is 0 Å². The highest BCUT2D eigenvalue weighted by molar-refractivity contribution is 7.91. The monoisotopic (exact) mass is 818 g/mol. The van der Waals surface area contributed by atoms with E-state index in [0.29, 0.717) is 67.8 Å². The Morgan fingerprint density at radius 3 is 1.97 bits per heavy atom. The topological polar surface area (TPSA) is 177 Å². The largest absolute Gasteiger partial charge is 0.384 e. The van der Waals surface area contributed by atoms with Crippen molar-refractivity contribution in [3.63, 3.8) is 0 Å². The molecule has 0 saturated carbocycles. The number of aryl methyl sites for hydroxylation is 1. The third kappa shape index (κ3) is 8.19. The maximum atomic E-state index is 13.9. The highest BCUT2D eigenvalue weighted by atomic mass is 32.2. The molecule has 58 heavy (non-hydrogen) atoms. The predicted molar refractivity (Wildman–Crippen MR) is 234 cm³/mol. The number of hydrogen-bond donors (Lipinski definition) is 4. The van der Waals surface area contributed by atoms with Crippen LogP contribution in [0.2, 0.25) is 0 Å². The van der Waals surface area contributed by atoms with Crippen LogP contribution in [0.4, 0.5) is 23.0 Å². The lowest BCUT2D eigenvalue weighted by atomic mass is 10.0. The number of nitrogens with two attached hydrogens (primary N) is 2. The molecule has 0 saturated heterocycles. The molecular formula is C44H50N8O4S2. The summed E-state index contributed by atoms with van der Waals surface area (Å²) in [6.07, 6.45) is 2.12. The van der Waals surface area contributed by atoms with Crippen molar-refractivity contribution in [1.29, 1.82) is 0 Å². The molecule has 0 spiro atoms. The maximum Gasteiger partial charge on any atom is 0.180 e. The normalized spacial score (nSPS) is 16.1. The van der Waals surface area contributed by atoms with E-state index in [2.05, 4.69) is 34.6 Å². The Morgan fingerprint density at radius 1 is 0.638 bits per heavy atom. The van der Waals surface area contributed by atoms with E-state index in [1.54, 1.807) is 12.1 Å². The zero-order valence-corrected chi connectivity index (χ0v) is 34.4. The zero-order chi connectivity index (χ0) is 40.4. The lowest BCUT2D eigenvalue weighted by Crippen LogP contribution is -2.26. The first-order valence-corrected chi connectivity index (χ1v) is 23.2. The van der Waals surface area contributed by atoms with Crippen LogP contribution in [0, 0.1) is 6.92 Å². The molecule has 12 nitrogen and oxygen atoms in total. The first-order chi connectivity index (χ1) is 28.0. The first kappa shape index (κ1) is 39.5. The fourth-order valence-electron chi connectivity index (χ4n) is 8.03. The van der Waals surface area contributed by atoms with Gasteiger partial charge in [0.15, 0.2) is 19.7 Å². The predicted octanol–water partition coefficient (Wildman–Crippen LogP) is 5.79. The molecule has 6 aromatic rings. The molecular weight excluding hydrogens is 769 g/mol. The van der Waals surface area contributed by atoms with Crippen molar-refractivity contribution < 1.29 is 16.8 Å². The van der Waals surface area contributed by atoms with E-state index in [9.17, 15) is 16.8 Å². The van der Waals surface area contributed by atoms with Crippen molar-refractivity contribution in [2.45, 2.75) is 49.1 Å². The van der Waals surface area contributed by atoms with Crippen molar-refractivity contribution in [3.05, 3.63) is 119 Å². The lowest BCUT2D eigenvalue weighted by Gasteiger charge is -2.24. The molecule has 0 amide bonds. The van der Waals surface area contributed by atoms with Gasteiger partial charge in [-0.15, -0.1) is 0 Å². The summed E-state index contributed by atoms with van der Waals surface area (Å²) in [6.45, 7) is 6.06. The lowest BCUT2D eigenvalue weighted by molar-refractivity contribution is 0.594. The molecule has 302 valence electrons. The minimum absolute atomic E-state index is 0.00928. The molecule has 4 heterocycles. The number of sulfone groups is 2. The van der Waals surface area contributed by atoms with Crippen molar-refractivity contribution in [2.24, 2.45) is 11.5 Å². The summed E-state index contributed by atoms with van der Waals surface area (Å²) in [4.78, 5) is 14.9. The van der Waals surface area contributed by atoms with Gasteiger partial charge in [-0.2, -0.15) is 0 Å². The average molecular weight is 819 g/mol. The Labute approximate surface area is 340 Å². The van der Waals surface area contributed by atoms with Gasteiger partial charge < -0.3 is 31.9 Å². The Bertz CT molecular complexity index is 2730. The molecule has 8 rings (SSSR count). The van der Waals surface area contributed by atoms with E-state index >= 15 is 0 Å². The summed E-state index contributed by atoms with van der Waals surface area (Å²) in [5, 5.41) is 9.06. The first-order valence-electron chi connectivity index (χ1n) is 19.9. The minimum atomic E-state index is -3.59. The van der Waals surface area contributed by atoms with Crippen molar-refractivity contribution in [2.75, 3.05) is 71.2 Å². The van der Waals surface area contributed by atoms with Crippen LogP contribution < -0.4 is 31.9 Å².